The molecule has 0 saturated heterocycles. The molecule has 0 atom stereocenters. The van der Waals surface area contributed by atoms with Gasteiger partial charge in [0.15, 0.2) is 0 Å². The van der Waals surface area contributed by atoms with Crippen LogP contribution >= 0.6 is 0 Å². The van der Waals surface area contributed by atoms with Crippen molar-refractivity contribution < 1.29 is 4.79 Å². The Balaban J connectivity index is 1.97. The van der Waals surface area contributed by atoms with Gasteiger partial charge in [0.1, 0.15) is 11.5 Å². The molecule has 116 valence electrons. The summed E-state index contributed by atoms with van der Waals surface area (Å²) in [5.41, 5.74) is 2.48. The normalized spacial score (nSPS) is 16.0. The molecule has 2 aromatic rings. The maximum atomic E-state index is 12.7. The number of unbranched alkanes of at least 4 members (excludes halogenated alkanes) is 1. The summed E-state index contributed by atoms with van der Waals surface area (Å²) in [4.78, 5) is 19.2. The maximum absolute atomic E-state index is 12.7. The van der Waals surface area contributed by atoms with Crippen LogP contribution in [0.3, 0.4) is 0 Å². The number of aliphatic imine (C=N–C) groups is 1. The molecule has 1 amide bonds. The molecule has 0 aliphatic carbocycles. The topological polar surface area (TPSA) is 32.7 Å². The number of carbonyl (C=O) groups is 1. The Hall–Kier alpha value is -2.68. The van der Waals surface area contributed by atoms with E-state index in [0.29, 0.717) is 12.2 Å². The Morgan fingerprint density at radius 3 is 2.30 bits per heavy atom. The first-order chi connectivity index (χ1) is 11.3. The molecule has 0 saturated carbocycles. The van der Waals surface area contributed by atoms with E-state index in [1.165, 1.54) is 0 Å². The van der Waals surface area contributed by atoms with Gasteiger partial charge >= 0.3 is 0 Å². The summed E-state index contributed by atoms with van der Waals surface area (Å²) in [5.74, 6) is 0.743. The molecule has 0 unspecified atom stereocenters. The monoisotopic (exact) mass is 304 g/mol. The molecule has 0 spiro atoms. The summed E-state index contributed by atoms with van der Waals surface area (Å²) in [6, 6.07) is 19.7. The number of benzene rings is 2. The Morgan fingerprint density at radius 1 is 1.00 bits per heavy atom. The largest absolute Gasteiger partial charge is 0.291 e. The van der Waals surface area contributed by atoms with E-state index in [2.05, 4.69) is 11.9 Å². The molecule has 3 nitrogen and oxygen atoms in total. The molecule has 0 fully saturated rings. The Kier molecular flexibility index (Phi) is 4.67. The van der Waals surface area contributed by atoms with Gasteiger partial charge in [0.2, 0.25) is 0 Å². The van der Waals surface area contributed by atoms with Crippen molar-refractivity contribution in [3.8, 4) is 0 Å². The Labute approximate surface area is 137 Å². The molecule has 0 N–H and O–H groups in total. The number of rotatable bonds is 5. The molecule has 23 heavy (non-hydrogen) atoms. The fourth-order valence-corrected chi connectivity index (χ4v) is 2.59. The van der Waals surface area contributed by atoms with E-state index < -0.39 is 0 Å². The van der Waals surface area contributed by atoms with Crippen molar-refractivity contribution in [1.29, 1.82) is 0 Å². The van der Waals surface area contributed by atoms with E-state index in [-0.39, 0.29) is 5.91 Å². The second kappa shape index (κ2) is 7.05. The van der Waals surface area contributed by atoms with E-state index in [1.54, 1.807) is 4.90 Å². The number of carbonyl (C=O) groups excluding carboxylic acids is 1. The summed E-state index contributed by atoms with van der Waals surface area (Å²) >= 11 is 0. The highest BCUT2D eigenvalue weighted by Gasteiger charge is 2.30. The van der Waals surface area contributed by atoms with Gasteiger partial charge < -0.3 is 0 Å². The predicted octanol–water partition coefficient (Wildman–Crippen LogP) is 4.12. The zero-order valence-corrected chi connectivity index (χ0v) is 13.3. The zero-order valence-electron chi connectivity index (χ0n) is 13.3. The van der Waals surface area contributed by atoms with Crippen LogP contribution in [0, 0.1) is 0 Å². The van der Waals surface area contributed by atoms with Crippen LogP contribution in [-0.2, 0) is 4.79 Å². The van der Waals surface area contributed by atoms with Gasteiger partial charge in [-0.3, -0.25) is 9.69 Å². The van der Waals surface area contributed by atoms with Crippen LogP contribution in [0.1, 0.15) is 30.9 Å². The van der Waals surface area contributed by atoms with Crippen LogP contribution < -0.4 is 0 Å². The number of amidine groups is 1. The fraction of sp³-hybridized carbons (Fsp3) is 0.200. The van der Waals surface area contributed by atoms with E-state index in [4.69, 9.17) is 0 Å². The van der Waals surface area contributed by atoms with Crippen molar-refractivity contribution in [2.45, 2.75) is 19.8 Å². The van der Waals surface area contributed by atoms with Crippen LogP contribution in [0.2, 0.25) is 0 Å². The van der Waals surface area contributed by atoms with Crippen LogP contribution in [0.4, 0.5) is 0 Å². The molecular weight excluding hydrogens is 284 g/mol. The minimum atomic E-state index is -0.0128. The van der Waals surface area contributed by atoms with Gasteiger partial charge in [0, 0.05) is 12.1 Å². The summed E-state index contributed by atoms with van der Waals surface area (Å²) in [6.07, 6.45) is 3.87. The van der Waals surface area contributed by atoms with Gasteiger partial charge in [-0.15, -0.1) is 0 Å². The van der Waals surface area contributed by atoms with Gasteiger partial charge in [-0.05, 0) is 18.1 Å². The number of hydrogen-bond donors (Lipinski definition) is 0. The van der Waals surface area contributed by atoms with Crippen LogP contribution in [0.15, 0.2) is 71.4 Å². The van der Waals surface area contributed by atoms with E-state index in [1.807, 2.05) is 66.7 Å². The standard InChI is InChI=1S/C20H20N2O/c1-2-3-14-22-19(17-12-8-5-9-13-17)21-18(20(22)23)15-16-10-6-4-7-11-16/h4-13,15H,2-3,14H2,1H3/b18-15-. The number of hydrogen-bond acceptors (Lipinski definition) is 2. The lowest BCUT2D eigenvalue weighted by Gasteiger charge is -2.17. The molecule has 2 aromatic carbocycles. The quantitative estimate of drug-likeness (QED) is 0.765. The summed E-state index contributed by atoms with van der Waals surface area (Å²) < 4.78 is 0. The minimum Gasteiger partial charge on any atom is -0.291 e. The average molecular weight is 304 g/mol. The van der Waals surface area contributed by atoms with E-state index in [9.17, 15) is 4.79 Å². The lowest BCUT2D eigenvalue weighted by Crippen LogP contribution is -2.33. The molecule has 0 radical (unpaired) electrons. The van der Waals surface area contributed by atoms with Gasteiger partial charge in [0.05, 0.1) is 0 Å². The fourth-order valence-electron chi connectivity index (χ4n) is 2.59. The van der Waals surface area contributed by atoms with E-state index >= 15 is 0 Å². The smallest absolute Gasteiger partial charge is 0.278 e. The molecule has 1 heterocycles. The molecule has 3 rings (SSSR count). The van der Waals surface area contributed by atoms with Crippen molar-refractivity contribution in [2.75, 3.05) is 6.54 Å². The van der Waals surface area contributed by atoms with Crippen molar-refractivity contribution in [1.82, 2.24) is 4.90 Å². The van der Waals surface area contributed by atoms with Crippen LogP contribution in [-0.4, -0.2) is 23.2 Å². The van der Waals surface area contributed by atoms with Gasteiger partial charge in [-0.25, -0.2) is 4.99 Å². The second-order valence-electron chi connectivity index (χ2n) is 5.55. The van der Waals surface area contributed by atoms with Gasteiger partial charge in [-0.2, -0.15) is 0 Å². The Bertz CT molecular complexity index is 733. The molecule has 1 aliphatic heterocycles. The van der Waals surface area contributed by atoms with Crippen molar-refractivity contribution in [3.63, 3.8) is 0 Å². The third-order valence-corrected chi connectivity index (χ3v) is 3.82. The number of amides is 1. The third kappa shape index (κ3) is 3.39. The lowest BCUT2D eigenvalue weighted by molar-refractivity contribution is -0.122. The van der Waals surface area contributed by atoms with Crippen LogP contribution in [0.5, 0.6) is 0 Å². The highest BCUT2D eigenvalue weighted by Crippen LogP contribution is 2.22. The summed E-state index contributed by atoms with van der Waals surface area (Å²) in [5, 5.41) is 0. The summed E-state index contributed by atoms with van der Waals surface area (Å²) in [7, 11) is 0. The molecule has 1 aliphatic rings. The third-order valence-electron chi connectivity index (χ3n) is 3.82. The first-order valence-electron chi connectivity index (χ1n) is 8.02. The highest BCUT2D eigenvalue weighted by molar-refractivity contribution is 6.19. The van der Waals surface area contributed by atoms with Crippen molar-refractivity contribution in [3.05, 3.63) is 77.5 Å². The van der Waals surface area contributed by atoms with Crippen molar-refractivity contribution >= 4 is 17.8 Å². The molecular formula is C20H20N2O. The summed E-state index contributed by atoms with van der Waals surface area (Å²) in [6.45, 7) is 2.83. The predicted molar refractivity (Wildman–Crippen MR) is 94.0 cm³/mol. The number of nitrogens with zero attached hydrogens (tertiary/aromatic N) is 2. The van der Waals surface area contributed by atoms with Crippen molar-refractivity contribution in [2.24, 2.45) is 4.99 Å². The van der Waals surface area contributed by atoms with Gasteiger partial charge in [-0.1, -0.05) is 74.0 Å². The zero-order chi connectivity index (χ0) is 16.1. The average Bonchev–Trinajstić information content (AvgIpc) is 2.91. The maximum Gasteiger partial charge on any atom is 0.278 e. The first-order valence-corrected chi connectivity index (χ1v) is 8.02. The molecule has 0 bridgehead atoms. The minimum absolute atomic E-state index is 0.0128. The van der Waals surface area contributed by atoms with Gasteiger partial charge in [0.25, 0.3) is 5.91 Å². The molecule has 3 heteroatoms. The highest BCUT2D eigenvalue weighted by atomic mass is 16.2. The second-order valence-corrected chi connectivity index (χ2v) is 5.55. The van der Waals surface area contributed by atoms with E-state index in [0.717, 1.165) is 29.8 Å². The molecule has 0 aromatic heterocycles. The lowest BCUT2D eigenvalue weighted by atomic mass is 10.2. The van der Waals surface area contributed by atoms with Crippen LogP contribution in [0.25, 0.3) is 6.08 Å². The SMILES string of the molecule is CCCCN1C(=O)/C(=C/c2ccccc2)N=C1c1ccccc1. The Morgan fingerprint density at radius 2 is 1.65 bits per heavy atom. The first kappa shape index (κ1) is 15.2.